The van der Waals surface area contributed by atoms with Gasteiger partial charge in [-0.3, -0.25) is 29.0 Å². The van der Waals surface area contributed by atoms with Gasteiger partial charge < -0.3 is 0 Å². The molecule has 2 fully saturated rings. The molecule has 0 aromatic heterocycles. The van der Waals surface area contributed by atoms with E-state index in [-0.39, 0.29) is 46.7 Å². The summed E-state index contributed by atoms with van der Waals surface area (Å²) in [5, 5.41) is 6.88. The summed E-state index contributed by atoms with van der Waals surface area (Å²) in [4.78, 5) is 60.1. The number of carbonyl (C=O) groups excluding carboxylic acids is 4. The Kier molecular flexibility index (Phi) is 16.2. The average Bonchev–Trinajstić information content (AvgIpc) is 4.05. The van der Waals surface area contributed by atoms with Crippen molar-refractivity contribution in [1.29, 1.82) is 0 Å². The van der Waals surface area contributed by atoms with Gasteiger partial charge in [0.05, 0.1) is 0 Å². The fourth-order valence-electron chi connectivity index (χ4n) is 10.1. The summed E-state index contributed by atoms with van der Waals surface area (Å²) in [6, 6.07) is 15.4. The molecule has 320 valence electrons. The molecule has 4 aliphatic rings. The third kappa shape index (κ3) is 9.37. The molecule has 5 aromatic carbocycles. The Balaban J connectivity index is 0.000000900. The zero-order valence-electron chi connectivity index (χ0n) is 36.5. The number of imide groups is 2. The largest absolute Gasteiger partial charge is 2.00 e. The van der Waals surface area contributed by atoms with E-state index >= 15 is 0 Å². The molecule has 9 rings (SSSR count). The van der Waals surface area contributed by atoms with Crippen LogP contribution in [0.5, 0.6) is 0 Å². The van der Waals surface area contributed by atoms with Crippen LogP contribution >= 0.6 is 0 Å². The number of benzene rings is 5. The SMILES string of the molecule is CCCCCCCCCC(CCCCCCCCC)N1C(=O)c2ccc3c4ccc5c6c(ccc(c7ccc(c2c37)C1=O)c64)C(=O)N(CC[C]1[CH][CH][CH][CH]1)C5=O.[CH]1[CH][CH][CH][CH]1.[Fe+2]. The van der Waals surface area contributed by atoms with Crippen molar-refractivity contribution in [2.75, 3.05) is 6.54 Å². The van der Waals surface area contributed by atoms with Crippen LogP contribution in [0.25, 0.3) is 43.1 Å². The van der Waals surface area contributed by atoms with Crippen LogP contribution in [0.1, 0.15) is 164 Å². The van der Waals surface area contributed by atoms with Crippen LogP contribution in [0, 0.1) is 63.7 Å². The normalized spacial score (nSPS) is 16.5. The van der Waals surface area contributed by atoms with E-state index < -0.39 is 0 Å². The maximum Gasteiger partial charge on any atom is 2.00 e. The number of carbonyl (C=O) groups is 4. The predicted molar refractivity (Wildman–Crippen MR) is 249 cm³/mol. The van der Waals surface area contributed by atoms with E-state index in [4.69, 9.17) is 0 Å². The predicted octanol–water partition coefficient (Wildman–Crippen LogP) is 13.4. The second kappa shape index (κ2) is 21.7. The summed E-state index contributed by atoms with van der Waals surface area (Å²) in [6.45, 7) is 4.80. The Hall–Kier alpha value is -3.80. The van der Waals surface area contributed by atoms with Gasteiger partial charge in [-0.05, 0) is 140 Å². The van der Waals surface area contributed by atoms with Crippen LogP contribution in [-0.4, -0.2) is 46.0 Å². The summed E-state index contributed by atoms with van der Waals surface area (Å²) in [5.74, 6) is 0.183. The first-order chi connectivity index (χ1) is 29.9. The summed E-state index contributed by atoms with van der Waals surface area (Å²) in [7, 11) is 0. The van der Waals surface area contributed by atoms with Crippen LogP contribution in [-0.2, 0) is 17.1 Å². The van der Waals surface area contributed by atoms with Gasteiger partial charge in [0.1, 0.15) is 0 Å². The van der Waals surface area contributed by atoms with E-state index in [0.29, 0.717) is 40.6 Å². The minimum atomic E-state index is -0.271. The molecule has 4 amide bonds. The molecule has 0 spiro atoms. The Morgan fingerprint density at radius 2 is 0.774 bits per heavy atom. The van der Waals surface area contributed by atoms with Crippen molar-refractivity contribution in [2.45, 2.75) is 129 Å². The Labute approximate surface area is 381 Å². The minimum Gasteiger partial charge on any atom is -0.274 e. The third-order valence-electron chi connectivity index (χ3n) is 13.3. The number of nitrogens with zero attached hydrogens (tertiary/aromatic N) is 2. The van der Waals surface area contributed by atoms with Gasteiger partial charge in [0.25, 0.3) is 23.6 Å². The zero-order valence-corrected chi connectivity index (χ0v) is 37.6. The number of hydrogen-bond acceptors (Lipinski definition) is 4. The number of amides is 4. The summed E-state index contributed by atoms with van der Waals surface area (Å²) < 4.78 is 0. The summed E-state index contributed by atoms with van der Waals surface area (Å²) in [5.41, 5.74) is 2.24. The van der Waals surface area contributed by atoms with Crippen molar-refractivity contribution < 1.29 is 36.2 Å². The number of hydrogen-bond donors (Lipinski definition) is 0. The van der Waals surface area contributed by atoms with E-state index in [1.807, 2.05) is 106 Å². The fourth-order valence-corrected chi connectivity index (χ4v) is 10.1. The van der Waals surface area contributed by atoms with E-state index in [0.717, 1.165) is 82.1 Å². The molecular formula is C55H60FeN2O4+2. The monoisotopic (exact) mass is 868 g/mol. The molecule has 7 heteroatoms. The topological polar surface area (TPSA) is 74.8 Å². The Bertz CT molecular complexity index is 2210. The van der Waals surface area contributed by atoms with Crippen molar-refractivity contribution in [1.82, 2.24) is 9.80 Å². The molecule has 0 unspecified atom stereocenters. The molecule has 0 N–H and O–H groups in total. The van der Waals surface area contributed by atoms with Gasteiger partial charge in [-0.15, -0.1) is 0 Å². The van der Waals surface area contributed by atoms with Crippen LogP contribution in [0.3, 0.4) is 0 Å². The van der Waals surface area contributed by atoms with Crippen molar-refractivity contribution in [3.05, 3.63) is 134 Å². The van der Waals surface area contributed by atoms with Crippen LogP contribution in [0.2, 0.25) is 0 Å². The quantitative estimate of drug-likeness (QED) is 0.0257. The molecule has 5 aromatic rings. The van der Waals surface area contributed by atoms with Gasteiger partial charge in [-0.2, -0.15) is 0 Å². The fraction of sp³-hybridized carbons (Fsp3) is 0.382. The van der Waals surface area contributed by atoms with E-state index in [2.05, 4.69) is 13.8 Å². The smallest absolute Gasteiger partial charge is 0.274 e. The van der Waals surface area contributed by atoms with Gasteiger partial charge in [-0.1, -0.05) is 128 Å². The first-order valence-corrected chi connectivity index (χ1v) is 23.3. The minimum absolute atomic E-state index is 0. The van der Waals surface area contributed by atoms with Gasteiger partial charge >= 0.3 is 17.1 Å². The van der Waals surface area contributed by atoms with E-state index in [9.17, 15) is 19.2 Å². The maximum atomic E-state index is 14.6. The van der Waals surface area contributed by atoms with Gasteiger partial charge in [0, 0.05) is 45.6 Å². The number of rotatable bonds is 20. The molecule has 2 aliphatic carbocycles. The third-order valence-corrected chi connectivity index (χ3v) is 13.3. The van der Waals surface area contributed by atoms with Crippen molar-refractivity contribution in [3.63, 3.8) is 0 Å². The maximum absolute atomic E-state index is 14.6. The first-order valence-electron chi connectivity index (χ1n) is 23.3. The molecular weight excluding hydrogens is 808 g/mol. The average molecular weight is 869 g/mol. The number of fused-ring (bicyclic) bond motifs is 2. The first kappa shape index (κ1) is 46.2. The van der Waals surface area contributed by atoms with Crippen LogP contribution < -0.4 is 0 Å². The number of unbranched alkanes of at least 4 members (excludes halogenated alkanes) is 12. The van der Waals surface area contributed by atoms with Gasteiger partial charge in [0.15, 0.2) is 0 Å². The van der Waals surface area contributed by atoms with Crippen molar-refractivity contribution in [2.24, 2.45) is 0 Å². The summed E-state index contributed by atoms with van der Waals surface area (Å²) >= 11 is 0. The molecule has 0 bridgehead atoms. The standard InChI is InChI=1S/C50H55N2O4.C5H5.Fe/c1-3-5-7-9-11-13-15-21-34(22-16-14-12-10-8-6-4-2)52-49(55)41-29-25-37-35-23-27-39-45-40(48(54)51(47(39)53)32-31-33-19-17-18-20-33)28-24-36(43(35)45)38-26-30-42(50(52)56)46(41)44(37)38;1-2-4-5-3-1;/h17-20,23-30,34H,3-16,21-22,31-32H2,1-2H3;1-5H;/q;;+2. The summed E-state index contributed by atoms with van der Waals surface area (Å²) in [6.07, 6.45) is 37.0. The molecule has 62 heavy (non-hydrogen) atoms. The van der Waals surface area contributed by atoms with Gasteiger partial charge in [0.2, 0.25) is 0 Å². The Morgan fingerprint density at radius 3 is 1.16 bits per heavy atom. The van der Waals surface area contributed by atoms with E-state index in [1.54, 1.807) is 4.90 Å². The molecule has 6 nitrogen and oxygen atoms in total. The van der Waals surface area contributed by atoms with Crippen LogP contribution in [0.15, 0.2) is 48.5 Å². The van der Waals surface area contributed by atoms with E-state index in [1.165, 1.54) is 69.1 Å². The second-order valence-electron chi connectivity index (χ2n) is 17.4. The molecule has 2 heterocycles. The van der Waals surface area contributed by atoms with Crippen molar-refractivity contribution >= 4 is 66.7 Å². The van der Waals surface area contributed by atoms with Gasteiger partial charge in [-0.25, -0.2) is 0 Å². The second-order valence-corrected chi connectivity index (χ2v) is 17.4. The molecule has 10 radical (unpaired) electrons. The molecule has 2 aliphatic heterocycles. The molecule has 0 atom stereocenters. The Morgan fingerprint density at radius 1 is 0.419 bits per heavy atom. The van der Waals surface area contributed by atoms with Crippen LogP contribution in [0.4, 0.5) is 0 Å². The molecule has 2 saturated carbocycles. The zero-order chi connectivity index (χ0) is 42.3. The molecule has 0 saturated heterocycles. The van der Waals surface area contributed by atoms with Crippen molar-refractivity contribution in [3.8, 4) is 0 Å².